The lowest BCUT2D eigenvalue weighted by atomic mass is 10.4. The summed E-state index contributed by atoms with van der Waals surface area (Å²) >= 11 is 0. The molecule has 0 aromatic carbocycles. The van der Waals surface area contributed by atoms with E-state index in [1.807, 2.05) is 0 Å². The Balaban J connectivity index is 3.97. The van der Waals surface area contributed by atoms with E-state index in [-0.39, 0.29) is 0 Å². The Morgan fingerprint density at radius 3 is 2.46 bits per heavy atom. The van der Waals surface area contributed by atoms with Crippen LogP contribution >= 0.6 is 0 Å². The van der Waals surface area contributed by atoms with Gasteiger partial charge in [-0.1, -0.05) is 13.0 Å². The quantitative estimate of drug-likeness (QED) is 0.403. The van der Waals surface area contributed by atoms with Crippen LogP contribution in [-0.2, 0) is 14.3 Å². The van der Waals surface area contributed by atoms with Gasteiger partial charge < -0.3 is 15.2 Å². The van der Waals surface area contributed by atoms with Gasteiger partial charge in [0, 0.05) is 12.5 Å². The van der Waals surface area contributed by atoms with Gasteiger partial charge in [0.2, 0.25) is 6.29 Å². The molecule has 0 aromatic rings. The van der Waals surface area contributed by atoms with Crippen molar-refractivity contribution in [3.05, 3.63) is 12.2 Å². The highest BCUT2D eigenvalue weighted by atomic mass is 16.7. The highest BCUT2D eigenvalue weighted by Gasteiger charge is 2.13. The first kappa shape index (κ1) is 11.5. The highest BCUT2D eigenvalue weighted by molar-refractivity contribution is 5.82. The molecular weight excluding hydrogens is 174 g/mol. The largest absolute Gasteiger partial charge is 0.422 e. The topological polar surface area (TPSA) is 78.6 Å². The minimum atomic E-state index is -0.958. The Bertz CT molecular complexity index is 212. The third-order valence-electron chi connectivity index (χ3n) is 1.13. The first-order valence-corrected chi connectivity index (χ1v) is 3.89. The molecule has 0 radical (unpaired) electrons. The van der Waals surface area contributed by atoms with Crippen LogP contribution in [0.25, 0.3) is 0 Å². The lowest BCUT2D eigenvalue weighted by Gasteiger charge is -2.13. The van der Waals surface area contributed by atoms with Crippen molar-refractivity contribution in [2.75, 3.05) is 0 Å². The summed E-state index contributed by atoms with van der Waals surface area (Å²) in [6.07, 6.45) is 1.26. The number of ether oxygens (including phenoxy) is 2. The van der Waals surface area contributed by atoms with Gasteiger partial charge in [-0.3, -0.25) is 0 Å². The number of carbonyl (C=O) groups excluding carboxylic acids is 2. The summed E-state index contributed by atoms with van der Waals surface area (Å²) in [7, 11) is 0. The van der Waals surface area contributed by atoms with Crippen LogP contribution in [0.3, 0.4) is 0 Å². The fraction of sp³-hybridized carbons (Fsp3) is 0.500. The summed E-state index contributed by atoms with van der Waals surface area (Å²) in [6.45, 7) is 3.38. The molecule has 5 nitrogen and oxygen atoms in total. The number of rotatable bonds is 4. The summed E-state index contributed by atoms with van der Waals surface area (Å²) < 4.78 is 9.18. The molecule has 2 N–H and O–H groups in total. The molecule has 13 heavy (non-hydrogen) atoms. The molecule has 0 aliphatic rings. The molecule has 0 saturated carbocycles. The monoisotopic (exact) mass is 187 g/mol. The first-order chi connectivity index (χ1) is 6.10. The Hall–Kier alpha value is -1.52. The Morgan fingerprint density at radius 2 is 2.08 bits per heavy atom. The van der Waals surface area contributed by atoms with Crippen LogP contribution in [0.5, 0.6) is 0 Å². The van der Waals surface area contributed by atoms with Crippen LogP contribution in [-0.4, -0.2) is 18.4 Å². The van der Waals surface area contributed by atoms with Crippen molar-refractivity contribution in [3.63, 3.8) is 0 Å². The van der Waals surface area contributed by atoms with Crippen molar-refractivity contribution < 1.29 is 19.1 Å². The van der Waals surface area contributed by atoms with Crippen molar-refractivity contribution in [3.8, 4) is 0 Å². The molecule has 0 bridgehead atoms. The molecule has 0 spiro atoms. The zero-order valence-electron chi connectivity index (χ0n) is 7.65. The van der Waals surface area contributed by atoms with Crippen molar-refractivity contribution >= 4 is 12.1 Å². The maximum Gasteiger partial charge on any atom is 0.407 e. The van der Waals surface area contributed by atoms with E-state index in [9.17, 15) is 9.59 Å². The molecule has 0 aliphatic heterocycles. The van der Waals surface area contributed by atoms with Crippen LogP contribution in [0.4, 0.5) is 4.79 Å². The molecule has 0 heterocycles. The average Bonchev–Trinajstić information content (AvgIpc) is 2.02. The van der Waals surface area contributed by atoms with Crippen LogP contribution < -0.4 is 5.73 Å². The van der Waals surface area contributed by atoms with Gasteiger partial charge in [0.25, 0.3) is 0 Å². The molecule has 1 atom stereocenters. The highest BCUT2D eigenvalue weighted by Crippen LogP contribution is 2.00. The molecule has 1 amide bonds. The second-order valence-corrected chi connectivity index (χ2v) is 2.21. The number of carbonyl (C=O) groups is 2. The van der Waals surface area contributed by atoms with Crippen molar-refractivity contribution in [1.82, 2.24) is 0 Å². The minimum absolute atomic E-state index is 0.367. The predicted octanol–water partition coefficient (Wildman–Crippen LogP) is 0.937. The third-order valence-corrected chi connectivity index (χ3v) is 1.13. The number of hydrogen-bond acceptors (Lipinski definition) is 4. The second-order valence-electron chi connectivity index (χ2n) is 2.21. The molecule has 1 unspecified atom stereocenters. The predicted molar refractivity (Wildman–Crippen MR) is 45.7 cm³/mol. The van der Waals surface area contributed by atoms with E-state index in [1.54, 1.807) is 13.8 Å². The molecule has 0 aliphatic carbocycles. The van der Waals surface area contributed by atoms with Crippen LogP contribution in [0.15, 0.2) is 12.2 Å². The van der Waals surface area contributed by atoms with Gasteiger partial charge in [0.1, 0.15) is 0 Å². The van der Waals surface area contributed by atoms with Gasteiger partial charge in [-0.05, 0) is 6.92 Å². The molecule has 0 fully saturated rings. The van der Waals surface area contributed by atoms with Crippen molar-refractivity contribution in [2.45, 2.75) is 26.6 Å². The van der Waals surface area contributed by atoms with Gasteiger partial charge in [-0.15, -0.1) is 0 Å². The Labute approximate surface area is 76.5 Å². The second kappa shape index (κ2) is 6.05. The third kappa shape index (κ3) is 5.72. The molecule has 0 aromatic heterocycles. The van der Waals surface area contributed by atoms with Gasteiger partial charge in [0.15, 0.2) is 0 Å². The van der Waals surface area contributed by atoms with E-state index in [4.69, 9.17) is 10.5 Å². The summed E-state index contributed by atoms with van der Waals surface area (Å²) in [5.74, 6) is -0.560. The molecule has 0 rings (SSSR count). The minimum Gasteiger partial charge on any atom is -0.422 e. The van der Waals surface area contributed by atoms with Gasteiger partial charge >= 0.3 is 12.1 Å². The normalized spacial score (nSPS) is 12.5. The summed E-state index contributed by atoms with van der Waals surface area (Å²) in [5, 5.41) is 0. The Kier molecular flexibility index (Phi) is 5.34. The average molecular weight is 187 g/mol. The SMILES string of the molecule is CC=CC(=O)OC(CC)OC(N)=O. The van der Waals surface area contributed by atoms with Gasteiger partial charge in [0.05, 0.1) is 0 Å². The number of nitrogens with two attached hydrogens (primary N) is 1. The number of amides is 1. The Morgan fingerprint density at radius 1 is 1.46 bits per heavy atom. The smallest absolute Gasteiger partial charge is 0.407 e. The summed E-state index contributed by atoms with van der Waals surface area (Å²) in [4.78, 5) is 21.2. The van der Waals surface area contributed by atoms with E-state index in [1.165, 1.54) is 12.2 Å². The number of hydrogen-bond donors (Lipinski definition) is 1. The van der Waals surface area contributed by atoms with Crippen molar-refractivity contribution in [1.29, 1.82) is 0 Å². The molecular formula is C8H13NO4. The number of primary amides is 1. The fourth-order valence-electron chi connectivity index (χ4n) is 0.625. The number of allylic oxidation sites excluding steroid dienone is 1. The lowest BCUT2D eigenvalue weighted by Crippen LogP contribution is -2.26. The molecule has 74 valence electrons. The molecule has 0 saturated heterocycles. The number of esters is 1. The van der Waals surface area contributed by atoms with Gasteiger partial charge in [-0.25, -0.2) is 9.59 Å². The zero-order valence-corrected chi connectivity index (χ0v) is 7.65. The van der Waals surface area contributed by atoms with E-state index >= 15 is 0 Å². The molecule has 5 heteroatoms. The van der Waals surface area contributed by atoms with Gasteiger partial charge in [-0.2, -0.15) is 0 Å². The summed E-state index contributed by atoms with van der Waals surface area (Å²) in [6, 6.07) is 0. The van der Waals surface area contributed by atoms with E-state index in [2.05, 4.69) is 4.74 Å². The van der Waals surface area contributed by atoms with Crippen LogP contribution in [0.2, 0.25) is 0 Å². The maximum absolute atomic E-state index is 10.9. The summed E-state index contributed by atoms with van der Waals surface area (Å²) in [5.41, 5.74) is 4.75. The first-order valence-electron chi connectivity index (χ1n) is 3.89. The fourth-order valence-corrected chi connectivity index (χ4v) is 0.625. The van der Waals surface area contributed by atoms with E-state index in [0.717, 1.165) is 0 Å². The van der Waals surface area contributed by atoms with E-state index < -0.39 is 18.4 Å². The van der Waals surface area contributed by atoms with E-state index in [0.29, 0.717) is 6.42 Å². The van der Waals surface area contributed by atoms with Crippen LogP contribution in [0.1, 0.15) is 20.3 Å². The van der Waals surface area contributed by atoms with Crippen LogP contribution in [0, 0.1) is 0 Å². The standard InChI is InChI=1S/C8H13NO4/c1-3-5-6(10)12-7(4-2)13-8(9)11/h3,5,7H,4H2,1-2H3,(H2,9,11). The van der Waals surface area contributed by atoms with Crippen molar-refractivity contribution in [2.24, 2.45) is 5.73 Å². The zero-order chi connectivity index (χ0) is 10.3. The maximum atomic E-state index is 10.9. The lowest BCUT2D eigenvalue weighted by molar-refractivity contribution is -0.161.